The maximum absolute atomic E-state index is 12.6. The molecule has 1 aromatic rings. The number of amides is 1. The highest BCUT2D eigenvalue weighted by Crippen LogP contribution is 2.31. The summed E-state index contributed by atoms with van der Waals surface area (Å²) in [4.78, 5) is 14.5. The van der Waals surface area contributed by atoms with Gasteiger partial charge in [-0.15, -0.1) is 0 Å². The summed E-state index contributed by atoms with van der Waals surface area (Å²) in [6.45, 7) is 4.36. The maximum Gasteiger partial charge on any atom is 0.253 e. The molecule has 1 aliphatic rings. The Morgan fingerprint density at radius 1 is 1.24 bits per heavy atom. The van der Waals surface area contributed by atoms with E-state index in [9.17, 15) is 4.79 Å². The van der Waals surface area contributed by atoms with Crippen molar-refractivity contribution in [2.24, 2.45) is 11.1 Å². The first-order valence-electron chi connectivity index (χ1n) is 7.24. The van der Waals surface area contributed by atoms with Crippen LogP contribution in [0.4, 0.5) is 0 Å². The van der Waals surface area contributed by atoms with Gasteiger partial charge in [0.05, 0.1) is 14.2 Å². The fraction of sp³-hybridized carbons (Fsp3) is 0.562. The van der Waals surface area contributed by atoms with E-state index in [0.717, 1.165) is 25.9 Å². The summed E-state index contributed by atoms with van der Waals surface area (Å²) < 4.78 is 10.4. The molecular formula is C16H24N2O3. The summed E-state index contributed by atoms with van der Waals surface area (Å²) in [6.07, 6.45) is 1.89. The molecule has 116 valence electrons. The minimum absolute atomic E-state index is 0.0371. The SMILES string of the molecule is COc1ccc(C(=O)N2CCC(C)(CN)CC2)cc1OC. The number of hydrogen-bond donors (Lipinski definition) is 1. The molecule has 1 aliphatic heterocycles. The minimum atomic E-state index is 0.0371. The molecule has 0 aliphatic carbocycles. The second kappa shape index (κ2) is 6.35. The Morgan fingerprint density at radius 2 is 1.86 bits per heavy atom. The van der Waals surface area contributed by atoms with Crippen LogP contribution in [0, 0.1) is 5.41 Å². The molecule has 0 aromatic heterocycles. The molecule has 1 heterocycles. The number of piperidine rings is 1. The van der Waals surface area contributed by atoms with Crippen LogP contribution >= 0.6 is 0 Å². The van der Waals surface area contributed by atoms with E-state index in [4.69, 9.17) is 15.2 Å². The summed E-state index contributed by atoms with van der Waals surface area (Å²) >= 11 is 0. The molecule has 21 heavy (non-hydrogen) atoms. The van der Waals surface area contributed by atoms with Crippen molar-refractivity contribution in [2.75, 3.05) is 33.9 Å². The average Bonchev–Trinajstić information content (AvgIpc) is 2.54. The standard InChI is InChI=1S/C16H24N2O3/c1-16(11-17)6-8-18(9-7-16)15(19)12-4-5-13(20-2)14(10-12)21-3/h4-5,10H,6-9,11,17H2,1-3H3. The highest BCUT2D eigenvalue weighted by atomic mass is 16.5. The smallest absolute Gasteiger partial charge is 0.253 e. The number of nitrogens with two attached hydrogens (primary N) is 1. The van der Waals surface area contributed by atoms with Gasteiger partial charge in [-0.1, -0.05) is 6.92 Å². The zero-order chi connectivity index (χ0) is 15.5. The third-order valence-electron chi connectivity index (χ3n) is 4.38. The van der Waals surface area contributed by atoms with Crippen LogP contribution in [0.25, 0.3) is 0 Å². The Balaban J connectivity index is 2.11. The highest BCUT2D eigenvalue weighted by Gasteiger charge is 2.31. The third-order valence-corrected chi connectivity index (χ3v) is 4.38. The number of rotatable bonds is 4. The molecule has 0 bridgehead atoms. The van der Waals surface area contributed by atoms with E-state index in [2.05, 4.69) is 6.92 Å². The van der Waals surface area contributed by atoms with E-state index >= 15 is 0 Å². The van der Waals surface area contributed by atoms with Gasteiger partial charge in [-0.3, -0.25) is 4.79 Å². The quantitative estimate of drug-likeness (QED) is 0.920. The molecule has 5 nitrogen and oxygen atoms in total. The third kappa shape index (κ3) is 3.29. The maximum atomic E-state index is 12.6. The molecule has 0 spiro atoms. The molecule has 1 amide bonds. The van der Waals surface area contributed by atoms with Gasteiger partial charge in [0.1, 0.15) is 0 Å². The van der Waals surface area contributed by atoms with Crippen LogP contribution in [0.1, 0.15) is 30.1 Å². The molecule has 2 N–H and O–H groups in total. The predicted octanol–water partition coefficient (Wildman–Crippen LogP) is 1.90. The van der Waals surface area contributed by atoms with E-state index in [1.54, 1.807) is 32.4 Å². The normalized spacial score (nSPS) is 17.4. The summed E-state index contributed by atoms with van der Waals surface area (Å²) in [5.74, 6) is 1.24. The van der Waals surface area contributed by atoms with Crippen LogP contribution in [0.5, 0.6) is 11.5 Å². The van der Waals surface area contributed by atoms with E-state index in [1.807, 2.05) is 4.90 Å². The molecule has 0 saturated carbocycles. The highest BCUT2D eigenvalue weighted by molar-refractivity contribution is 5.95. The molecule has 1 fully saturated rings. The first-order chi connectivity index (χ1) is 10.0. The van der Waals surface area contributed by atoms with Gasteiger partial charge in [-0.2, -0.15) is 0 Å². The van der Waals surface area contributed by atoms with E-state index in [1.165, 1.54) is 0 Å². The fourth-order valence-electron chi connectivity index (χ4n) is 2.61. The van der Waals surface area contributed by atoms with Crippen molar-refractivity contribution >= 4 is 5.91 Å². The van der Waals surface area contributed by atoms with Crippen molar-refractivity contribution < 1.29 is 14.3 Å². The lowest BCUT2D eigenvalue weighted by Gasteiger charge is -2.38. The van der Waals surface area contributed by atoms with E-state index in [0.29, 0.717) is 23.6 Å². The van der Waals surface area contributed by atoms with Crippen molar-refractivity contribution in [1.82, 2.24) is 4.90 Å². The molecule has 2 rings (SSSR count). The van der Waals surface area contributed by atoms with Crippen molar-refractivity contribution in [1.29, 1.82) is 0 Å². The van der Waals surface area contributed by atoms with Crippen LogP contribution in [0.15, 0.2) is 18.2 Å². The molecule has 0 unspecified atom stereocenters. The number of carbonyl (C=O) groups excluding carboxylic acids is 1. The second-order valence-electron chi connectivity index (χ2n) is 5.88. The lowest BCUT2D eigenvalue weighted by Crippen LogP contribution is -2.44. The largest absolute Gasteiger partial charge is 0.493 e. The molecular weight excluding hydrogens is 268 g/mol. The van der Waals surface area contributed by atoms with Gasteiger partial charge in [0, 0.05) is 18.7 Å². The number of carbonyl (C=O) groups is 1. The first kappa shape index (κ1) is 15.6. The monoisotopic (exact) mass is 292 g/mol. The van der Waals surface area contributed by atoms with E-state index < -0.39 is 0 Å². The summed E-state index contributed by atoms with van der Waals surface area (Å²) in [6, 6.07) is 5.28. The van der Waals surface area contributed by atoms with Crippen molar-refractivity contribution in [3.63, 3.8) is 0 Å². The molecule has 1 saturated heterocycles. The Hall–Kier alpha value is -1.75. The number of nitrogens with zero attached hydrogens (tertiary/aromatic N) is 1. The fourth-order valence-corrected chi connectivity index (χ4v) is 2.61. The van der Waals surface area contributed by atoms with Gasteiger partial charge in [0.15, 0.2) is 11.5 Å². The van der Waals surface area contributed by atoms with E-state index in [-0.39, 0.29) is 11.3 Å². The first-order valence-corrected chi connectivity index (χ1v) is 7.24. The van der Waals surface area contributed by atoms with Crippen LogP contribution < -0.4 is 15.2 Å². The Bertz CT molecular complexity index is 508. The summed E-state index contributed by atoms with van der Waals surface area (Å²) in [5, 5.41) is 0. The second-order valence-corrected chi connectivity index (χ2v) is 5.88. The number of likely N-dealkylation sites (tertiary alicyclic amines) is 1. The Labute approximate surface area is 126 Å². The topological polar surface area (TPSA) is 64.8 Å². The van der Waals surface area contributed by atoms with Crippen molar-refractivity contribution in [3.8, 4) is 11.5 Å². The molecule has 1 aromatic carbocycles. The van der Waals surface area contributed by atoms with Gasteiger partial charge in [0.2, 0.25) is 0 Å². The lowest BCUT2D eigenvalue weighted by molar-refractivity contribution is 0.0617. The molecule has 0 atom stereocenters. The van der Waals surface area contributed by atoms with Crippen LogP contribution in [-0.4, -0.2) is 44.7 Å². The summed E-state index contributed by atoms with van der Waals surface area (Å²) in [7, 11) is 3.15. The number of benzene rings is 1. The number of hydrogen-bond acceptors (Lipinski definition) is 4. The van der Waals surface area contributed by atoms with Crippen molar-refractivity contribution in [3.05, 3.63) is 23.8 Å². The lowest BCUT2D eigenvalue weighted by atomic mass is 9.80. The van der Waals surface area contributed by atoms with Crippen LogP contribution in [-0.2, 0) is 0 Å². The van der Waals surface area contributed by atoms with Crippen molar-refractivity contribution in [2.45, 2.75) is 19.8 Å². The van der Waals surface area contributed by atoms with Gasteiger partial charge in [-0.25, -0.2) is 0 Å². The van der Waals surface area contributed by atoms with Crippen LogP contribution in [0.2, 0.25) is 0 Å². The number of ether oxygens (including phenoxy) is 2. The van der Waals surface area contributed by atoms with Gasteiger partial charge in [0.25, 0.3) is 5.91 Å². The zero-order valence-corrected chi connectivity index (χ0v) is 13.0. The van der Waals surface area contributed by atoms with Crippen LogP contribution in [0.3, 0.4) is 0 Å². The molecule has 5 heteroatoms. The number of methoxy groups -OCH3 is 2. The Morgan fingerprint density at radius 3 is 2.38 bits per heavy atom. The average molecular weight is 292 g/mol. The molecule has 0 radical (unpaired) electrons. The van der Waals surface area contributed by atoms with Gasteiger partial charge < -0.3 is 20.1 Å². The predicted molar refractivity (Wildman–Crippen MR) is 81.8 cm³/mol. The van der Waals surface area contributed by atoms with Gasteiger partial charge in [-0.05, 0) is 43.0 Å². The Kier molecular flexibility index (Phi) is 4.73. The minimum Gasteiger partial charge on any atom is -0.493 e. The zero-order valence-electron chi connectivity index (χ0n) is 13.0. The summed E-state index contributed by atoms with van der Waals surface area (Å²) in [5.41, 5.74) is 6.60. The van der Waals surface area contributed by atoms with Gasteiger partial charge >= 0.3 is 0 Å².